The van der Waals surface area contributed by atoms with Crippen molar-refractivity contribution in [3.63, 3.8) is 0 Å². The van der Waals surface area contributed by atoms with E-state index < -0.39 is 0 Å². The zero-order chi connectivity index (χ0) is 14.2. The van der Waals surface area contributed by atoms with E-state index in [1.165, 1.54) is 44.3 Å². The summed E-state index contributed by atoms with van der Waals surface area (Å²) in [4.78, 5) is 2.67. The van der Waals surface area contributed by atoms with E-state index in [9.17, 15) is 0 Å². The normalized spacial score (nSPS) is 31.8. The fraction of sp³-hybridized carbons (Fsp3) is 0.647. The molecule has 4 heteroatoms. The Kier molecular flexibility index (Phi) is 3.82. The maximum atomic E-state index is 6.05. The molecule has 3 nitrogen and oxygen atoms in total. The van der Waals surface area contributed by atoms with Gasteiger partial charge in [-0.1, -0.05) is 11.6 Å². The van der Waals surface area contributed by atoms with Crippen molar-refractivity contribution < 1.29 is 4.74 Å². The molecule has 3 unspecified atom stereocenters. The zero-order valence-corrected chi connectivity index (χ0v) is 13.1. The average molecular weight is 307 g/mol. The first-order chi connectivity index (χ1) is 10.3. The SMILES string of the molecule is Clc1ccc2c(c1)CC(CNC1CCN3CCCC3C1)O2. The van der Waals surface area contributed by atoms with Gasteiger partial charge in [0.2, 0.25) is 0 Å². The summed E-state index contributed by atoms with van der Waals surface area (Å²) >= 11 is 6.05. The molecule has 0 amide bonds. The summed E-state index contributed by atoms with van der Waals surface area (Å²) < 4.78 is 6.01. The Hall–Kier alpha value is -0.770. The Morgan fingerprint density at radius 1 is 1.29 bits per heavy atom. The average Bonchev–Trinajstić information content (AvgIpc) is 3.09. The molecule has 1 N–H and O–H groups in total. The van der Waals surface area contributed by atoms with Crippen LogP contribution in [0.1, 0.15) is 31.2 Å². The van der Waals surface area contributed by atoms with Gasteiger partial charge in [-0.05, 0) is 62.5 Å². The van der Waals surface area contributed by atoms with Crippen molar-refractivity contribution in [2.24, 2.45) is 0 Å². The lowest BCUT2D eigenvalue weighted by molar-refractivity contribution is 0.154. The summed E-state index contributed by atoms with van der Waals surface area (Å²) in [5.41, 5.74) is 1.25. The van der Waals surface area contributed by atoms with Gasteiger partial charge in [-0.3, -0.25) is 0 Å². The predicted molar refractivity (Wildman–Crippen MR) is 85.2 cm³/mol. The summed E-state index contributed by atoms with van der Waals surface area (Å²) in [6.07, 6.45) is 6.61. The van der Waals surface area contributed by atoms with Crippen LogP contribution in [0.4, 0.5) is 0 Å². The van der Waals surface area contributed by atoms with Crippen LogP contribution >= 0.6 is 11.6 Å². The van der Waals surface area contributed by atoms with Gasteiger partial charge in [0.1, 0.15) is 11.9 Å². The Morgan fingerprint density at radius 3 is 3.19 bits per heavy atom. The quantitative estimate of drug-likeness (QED) is 0.929. The first kappa shape index (κ1) is 13.9. The molecule has 0 radical (unpaired) electrons. The summed E-state index contributed by atoms with van der Waals surface area (Å²) in [7, 11) is 0. The van der Waals surface area contributed by atoms with Crippen LogP contribution in [-0.2, 0) is 6.42 Å². The molecule has 3 atom stereocenters. The second kappa shape index (κ2) is 5.79. The molecule has 0 aromatic heterocycles. The van der Waals surface area contributed by atoms with Gasteiger partial charge < -0.3 is 15.0 Å². The minimum Gasteiger partial charge on any atom is -0.488 e. The maximum Gasteiger partial charge on any atom is 0.123 e. The maximum absolute atomic E-state index is 6.05. The first-order valence-electron chi connectivity index (χ1n) is 8.20. The van der Waals surface area contributed by atoms with Crippen molar-refractivity contribution in [3.8, 4) is 5.75 Å². The fourth-order valence-electron chi connectivity index (χ4n) is 4.11. The molecule has 1 aromatic carbocycles. The first-order valence-corrected chi connectivity index (χ1v) is 8.58. The van der Waals surface area contributed by atoms with E-state index >= 15 is 0 Å². The third kappa shape index (κ3) is 2.92. The molecule has 0 aliphatic carbocycles. The van der Waals surface area contributed by atoms with Gasteiger partial charge in [-0.25, -0.2) is 0 Å². The van der Waals surface area contributed by atoms with Crippen LogP contribution < -0.4 is 10.1 Å². The van der Waals surface area contributed by atoms with Crippen molar-refractivity contribution >= 4 is 11.6 Å². The molecule has 0 saturated carbocycles. The van der Waals surface area contributed by atoms with E-state index in [4.69, 9.17) is 16.3 Å². The highest BCUT2D eigenvalue weighted by molar-refractivity contribution is 6.30. The lowest BCUT2D eigenvalue weighted by atomic mass is 9.97. The second-order valence-electron chi connectivity index (χ2n) is 6.66. The highest BCUT2D eigenvalue weighted by Gasteiger charge is 2.32. The van der Waals surface area contributed by atoms with Crippen LogP contribution in [0, 0.1) is 0 Å². The van der Waals surface area contributed by atoms with Gasteiger partial charge >= 0.3 is 0 Å². The molecule has 114 valence electrons. The van der Waals surface area contributed by atoms with Crippen LogP contribution in [0.5, 0.6) is 5.75 Å². The third-order valence-electron chi connectivity index (χ3n) is 5.22. The van der Waals surface area contributed by atoms with E-state index in [1.807, 2.05) is 18.2 Å². The zero-order valence-electron chi connectivity index (χ0n) is 12.4. The number of halogens is 1. The lowest BCUT2D eigenvalue weighted by Gasteiger charge is -2.35. The van der Waals surface area contributed by atoms with Gasteiger partial charge in [0, 0.05) is 30.1 Å². The molecule has 3 aliphatic heterocycles. The van der Waals surface area contributed by atoms with Crippen molar-refractivity contribution in [2.45, 2.75) is 50.3 Å². The molecule has 2 saturated heterocycles. The standard InChI is InChI=1S/C17H23ClN2O/c18-13-3-4-17-12(8-13)9-16(21-17)11-19-14-5-7-20-6-1-2-15(20)10-14/h3-4,8,14-16,19H,1-2,5-7,9-11H2. The summed E-state index contributed by atoms with van der Waals surface area (Å²) in [6, 6.07) is 7.44. The number of nitrogens with one attached hydrogen (secondary N) is 1. The molecule has 1 aromatic rings. The summed E-state index contributed by atoms with van der Waals surface area (Å²) in [5.74, 6) is 1.01. The van der Waals surface area contributed by atoms with Gasteiger partial charge in [0.25, 0.3) is 0 Å². The van der Waals surface area contributed by atoms with Crippen molar-refractivity contribution in [2.75, 3.05) is 19.6 Å². The topological polar surface area (TPSA) is 24.5 Å². The van der Waals surface area contributed by atoms with Gasteiger partial charge in [-0.15, -0.1) is 0 Å². The smallest absolute Gasteiger partial charge is 0.123 e. The number of fused-ring (bicyclic) bond motifs is 2. The Morgan fingerprint density at radius 2 is 2.24 bits per heavy atom. The summed E-state index contributed by atoms with van der Waals surface area (Å²) in [5, 5.41) is 4.55. The molecule has 2 fully saturated rings. The molecular weight excluding hydrogens is 284 g/mol. The number of hydrogen-bond acceptors (Lipinski definition) is 3. The van der Waals surface area contributed by atoms with Crippen LogP contribution in [0.3, 0.4) is 0 Å². The predicted octanol–water partition coefficient (Wildman–Crippen LogP) is 2.86. The van der Waals surface area contributed by atoms with E-state index in [1.54, 1.807) is 0 Å². The van der Waals surface area contributed by atoms with Gasteiger partial charge in [0.15, 0.2) is 0 Å². The van der Waals surface area contributed by atoms with Crippen LogP contribution in [-0.4, -0.2) is 42.7 Å². The van der Waals surface area contributed by atoms with Crippen LogP contribution in [0.25, 0.3) is 0 Å². The van der Waals surface area contributed by atoms with Crippen LogP contribution in [0.2, 0.25) is 5.02 Å². The summed E-state index contributed by atoms with van der Waals surface area (Å²) in [6.45, 7) is 3.53. The van der Waals surface area contributed by atoms with E-state index in [2.05, 4.69) is 10.2 Å². The molecule has 3 aliphatic rings. The molecule has 0 bridgehead atoms. The number of rotatable bonds is 3. The molecule has 21 heavy (non-hydrogen) atoms. The second-order valence-corrected chi connectivity index (χ2v) is 7.09. The Labute approximate surface area is 131 Å². The third-order valence-corrected chi connectivity index (χ3v) is 5.45. The highest BCUT2D eigenvalue weighted by Crippen LogP contribution is 2.31. The molecule has 0 spiro atoms. The number of piperidine rings is 1. The largest absolute Gasteiger partial charge is 0.488 e. The minimum absolute atomic E-state index is 0.264. The number of hydrogen-bond donors (Lipinski definition) is 1. The number of nitrogens with zero attached hydrogens (tertiary/aromatic N) is 1. The molecule has 4 rings (SSSR count). The Balaban J connectivity index is 1.29. The van der Waals surface area contributed by atoms with E-state index in [0.717, 1.165) is 29.8 Å². The number of benzene rings is 1. The molecule has 3 heterocycles. The lowest BCUT2D eigenvalue weighted by Crippen LogP contribution is -2.47. The monoisotopic (exact) mass is 306 g/mol. The van der Waals surface area contributed by atoms with Gasteiger partial charge in [0.05, 0.1) is 0 Å². The van der Waals surface area contributed by atoms with Crippen molar-refractivity contribution in [3.05, 3.63) is 28.8 Å². The van der Waals surface area contributed by atoms with Gasteiger partial charge in [-0.2, -0.15) is 0 Å². The molecular formula is C17H23ClN2O. The number of ether oxygens (including phenoxy) is 1. The van der Waals surface area contributed by atoms with E-state index in [-0.39, 0.29) is 6.10 Å². The van der Waals surface area contributed by atoms with Crippen molar-refractivity contribution in [1.29, 1.82) is 0 Å². The van der Waals surface area contributed by atoms with E-state index in [0.29, 0.717) is 6.04 Å². The van der Waals surface area contributed by atoms with Crippen molar-refractivity contribution in [1.82, 2.24) is 10.2 Å². The highest BCUT2D eigenvalue weighted by atomic mass is 35.5. The fourth-order valence-corrected chi connectivity index (χ4v) is 4.31. The minimum atomic E-state index is 0.264. The Bertz CT molecular complexity index is 522. The van der Waals surface area contributed by atoms with Crippen LogP contribution in [0.15, 0.2) is 18.2 Å².